The molecule has 1 atom stereocenters. The average molecular weight is 266 g/mol. The Labute approximate surface area is 113 Å². The predicted octanol–water partition coefficient (Wildman–Crippen LogP) is 0.320. The smallest absolute Gasteiger partial charge is 0.254 e. The number of ether oxygens (including phenoxy) is 1. The Hall–Kier alpha value is -1.40. The zero-order chi connectivity index (χ0) is 13.7. The maximum atomic E-state index is 12.1. The van der Waals surface area contributed by atoms with Crippen LogP contribution in [0.1, 0.15) is 29.4 Å². The van der Waals surface area contributed by atoms with Gasteiger partial charge in [0.25, 0.3) is 5.91 Å². The Kier molecular flexibility index (Phi) is 4.93. The highest BCUT2D eigenvalue weighted by atomic mass is 16.5. The normalized spacial score (nSPS) is 19.4. The van der Waals surface area contributed by atoms with Crippen molar-refractivity contribution < 1.29 is 9.53 Å². The first-order valence-corrected chi connectivity index (χ1v) is 6.85. The quantitative estimate of drug-likeness (QED) is 0.805. The minimum Gasteiger partial charge on any atom is -0.374 e. The molecule has 0 aromatic carbocycles. The number of rotatable bonds is 5. The Morgan fingerprint density at radius 2 is 2.53 bits per heavy atom. The van der Waals surface area contributed by atoms with Crippen LogP contribution in [-0.4, -0.2) is 48.0 Å². The largest absolute Gasteiger partial charge is 0.374 e. The molecule has 1 aromatic rings. The molecule has 1 aliphatic heterocycles. The van der Waals surface area contributed by atoms with E-state index in [9.17, 15) is 4.79 Å². The third-order valence-electron chi connectivity index (χ3n) is 3.14. The molecule has 0 spiro atoms. The minimum absolute atomic E-state index is 0.0590. The molecule has 1 aliphatic rings. The van der Waals surface area contributed by atoms with E-state index in [-0.39, 0.29) is 12.0 Å². The van der Waals surface area contributed by atoms with Gasteiger partial charge in [0, 0.05) is 32.4 Å². The van der Waals surface area contributed by atoms with Crippen LogP contribution in [0, 0.1) is 6.92 Å². The van der Waals surface area contributed by atoms with Gasteiger partial charge in [-0.25, -0.2) is 0 Å². The second-order valence-electron chi connectivity index (χ2n) is 4.80. The van der Waals surface area contributed by atoms with Crippen molar-refractivity contribution in [2.75, 3.05) is 26.2 Å². The van der Waals surface area contributed by atoms with Crippen LogP contribution < -0.4 is 10.6 Å². The topological polar surface area (TPSA) is 68.2 Å². The lowest BCUT2D eigenvalue weighted by Gasteiger charge is -2.23. The maximum Gasteiger partial charge on any atom is 0.254 e. The summed E-state index contributed by atoms with van der Waals surface area (Å²) in [6.07, 6.45) is 2.88. The van der Waals surface area contributed by atoms with E-state index < -0.39 is 0 Å². The summed E-state index contributed by atoms with van der Waals surface area (Å²) in [7, 11) is 0. The van der Waals surface area contributed by atoms with Gasteiger partial charge < -0.3 is 15.4 Å². The third-order valence-corrected chi connectivity index (χ3v) is 3.14. The molecule has 6 nitrogen and oxygen atoms in total. The summed E-state index contributed by atoms with van der Waals surface area (Å²) < 4.78 is 7.36. The van der Waals surface area contributed by atoms with E-state index in [1.165, 1.54) is 0 Å². The minimum atomic E-state index is -0.0750. The molecule has 0 saturated carbocycles. The summed E-state index contributed by atoms with van der Waals surface area (Å²) in [6.45, 7) is 7.69. The van der Waals surface area contributed by atoms with Gasteiger partial charge in [-0.2, -0.15) is 5.10 Å². The van der Waals surface area contributed by atoms with Crippen LogP contribution in [0.25, 0.3) is 0 Å². The number of carbonyl (C=O) groups is 1. The zero-order valence-corrected chi connectivity index (χ0v) is 11.6. The number of carbonyl (C=O) groups excluding carboxylic acids is 1. The van der Waals surface area contributed by atoms with Crippen molar-refractivity contribution in [3.63, 3.8) is 0 Å². The van der Waals surface area contributed by atoms with Crippen molar-refractivity contribution in [2.45, 2.75) is 32.9 Å². The van der Waals surface area contributed by atoms with Crippen molar-refractivity contribution in [2.24, 2.45) is 0 Å². The summed E-state index contributed by atoms with van der Waals surface area (Å²) in [5, 5.41) is 10.5. The molecule has 0 bridgehead atoms. The van der Waals surface area contributed by atoms with E-state index in [0.717, 1.165) is 31.7 Å². The van der Waals surface area contributed by atoms with Crippen molar-refractivity contribution in [3.8, 4) is 0 Å². The van der Waals surface area contributed by atoms with E-state index in [4.69, 9.17) is 4.74 Å². The summed E-state index contributed by atoms with van der Waals surface area (Å²) >= 11 is 0. The van der Waals surface area contributed by atoms with Gasteiger partial charge in [0.2, 0.25) is 0 Å². The summed E-state index contributed by atoms with van der Waals surface area (Å²) in [5.41, 5.74) is 1.42. The van der Waals surface area contributed by atoms with E-state index in [1.54, 1.807) is 0 Å². The highest BCUT2D eigenvalue weighted by Gasteiger charge is 2.17. The van der Waals surface area contributed by atoms with Crippen LogP contribution in [0.15, 0.2) is 6.20 Å². The molecule has 106 valence electrons. The monoisotopic (exact) mass is 266 g/mol. The number of aryl methyl sites for hydroxylation is 2. The van der Waals surface area contributed by atoms with Gasteiger partial charge in [-0.1, -0.05) is 6.92 Å². The van der Waals surface area contributed by atoms with Gasteiger partial charge >= 0.3 is 0 Å². The van der Waals surface area contributed by atoms with Crippen LogP contribution in [-0.2, 0) is 11.3 Å². The van der Waals surface area contributed by atoms with Crippen molar-refractivity contribution in [1.82, 2.24) is 20.4 Å². The SMILES string of the molecule is CCCn1cc(C(=O)NCC2CNCCO2)c(C)n1. The molecule has 2 heterocycles. The lowest BCUT2D eigenvalue weighted by Crippen LogP contribution is -2.45. The summed E-state index contributed by atoms with van der Waals surface area (Å²) in [5.74, 6) is -0.0750. The van der Waals surface area contributed by atoms with Gasteiger partial charge in [-0.15, -0.1) is 0 Å². The van der Waals surface area contributed by atoms with Crippen molar-refractivity contribution in [3.05, 3.63) is 17.5 Å². The molecule has 1 fully saturated rings. The first-order chi connectivity index (χ1) is 9.20. The highest BCUT2D eigenvalue weighted by Crippen LogP contribution is 2.06. The van der Waals surface area contributed by atoms with Crippen LogP contribution in [0.5, 0.6) is 0 Å². The van der Waals surface area contributed by atoms with Crippen molar-refractivity contribution in [1.29, 1.82) is 0 Å². The fourth-order valence-electron chi connectivity index (χ4n) is 2.14. The second-order valence-corrected chi connectivity index (χ2v) is 4.80. The zero-order valence-electron chi connectivity index (χ0n) is 11.6. The maximum absolute atomic E-state index is 12.1. The summed E-state index contributed by atoms with van der Waals surface area (Å²) in [6, 6.07) is 0. The molecule has 1 unspecified atom stereocenters. The number of nitrogens with zero attached hydrogens (tertiary/aromatic N) is 2. The van der Waals surface area contributed by atoms with Crippen molar-refractivity contribution >= 4 is 5.91 Å². The lowest BCUT2D eigenvalue weighted by atomic mass is 10.2. The first-order valence-electron chi connectivity index (χ1n) is 6.85. The highest BCUT2D eigenvalue weighted by molar-refractivity contribution is 5.95. The van der Waals surface area contributed by atoms with Gasteiger partial charge in [0.05, 0.1) is 24.0 Å². The average Bonchev–Trinajstić information content (AvgIpc) is 2.79. The fraction of sp³-hybridized carbons (Fsp3) is 0.692. The summed E-state index contributed by atoms with van der Waals surface area (Å²) in [4.78, 5) is 12.1. The van der Waals surface area contributed by atoms with E-state index in [0.29, 0.717) is 18.7 Å². The Morgan fingerprint density at radius 1 is 1.68 bits per heavy atom. The van der Waals surface area contributed by atoms with Crippen LogP contribution in [0.2, 0.25) is 0 Å². The molecule has 2 rings (SSSR count). The van der Waals surface area contributed by atoms with Crippen LogP contribution >= 0.6 is 0 Å². The molecule has 19 heavy (non-hydrogen) atoms. The number of nitrogens with one attached hydrogen (secondary N) is 2. The predicted molar refractivity (Wildman–Crippen MR) is 72.2 cm³/mol. The molecule has 1 saturated heterocycles. The Balaban J connectivity index is 1.88. The molecule has 1 aromatic heterocycles. The van der Waals surface area contributed by atoms with E-state index in [2.05, 4.69) is 22.7 Å². The lowest BCUT2D eigenvalue weighted by molar-refractivity contribution is 0.0287. The van der Waals surface area contributed by atoms with Crippen LogP contribution in [0.3, 0.4) is 0 Å². The number of aromatic nitrogens is 2. The van der Waals surface area contributed by atoms with Gasteiger partial charge in [-0.05, 0) is 13.3 Å². The Bertz CT molecular complexity index is 424. The van der Waals surface area contributed by atoms with Crippen LogP contribution in [0.4, 0.5) is 0 Å². The molecule has 0 radical (unpaired) electrons. The molecule has 1 amide bonds. The Morgan fingerprint density at radius 3 is 3.21 bits per heavy atom. The number of hydrogen-bond acceptors (Lipinski definition) is 4. The fourth-order valence-corrected chi connectivity index (χ4v) is 2.14. The second kappa shape index (κ2) is 6.68. The molecular formula is C13H22N4O2. The first kappa shape index (κ1) is 14.0. The standard InChI is InChI=1S/C13H22N4O2/c1-3-5-17-9-12(10(2)16-17)13(18)15-8-11-7-14-4-6-19-11/h9,11,14H,3-8H2,1-2H3,(H,15,18). The van der Waals surface area contributed by atoms with Gasteiger partial charge in [0.15, 0.2) is 0 Å². The van der Waals surface area contributed by atoms with E-state index >= 15 is 0 Å². The molecule has 6 heteroatoms. The molecule has 0 aliphatic carbocycles. The molecule has 2 N–H and O–H groups in total. The number of amides is 1. The van der Waals surface area contributed by atoms with Gasteiger partial charge in [0.1, 0.15) is 0 Å². The number of hydrogen-bond donors (Lipinski definition) is 2. The van der Waals surface area contributed by atoms with E-state index in [1.807, 2.05) is 17.8 Å². The third kappa shape index (κ3) is 3.78. The molecular weight excluding hydrogens is 244 g/mol. The van der Waals surface area contributed by atoms with Gasteiger partial charge in [-0.3, -0.25) is 9.48 Å². The number of morpholine rings is 1.